The molecule has 1 aromatic rings. The van der Waals surface area contributed by atoms with Crippen LogP contribution in [0.1, 0.15) is 37.8 Å². The molecule has 2 aliphatic rings. The topological polar surface area (TPSA) is 19.4 Å². The summed E-state index contributed by atoms with van der Waals surface area (Å²) < 4.78 is 0. The Morgan fingerprint density at radius 2 is 2.09 bits per heavy atom. The number of pyridine rings is 1. The molecule has 1 aliphatic heterocycles. The number of allylic oxidation sites excluding steroid dienone is 1. The minimum atomic E-state index is 0.679. The first-order valence-corrected chi connectivity index (χ1v) is 8.84. The summed E-state index contributed by atoms with van der Waals surface area (Å²) in [5, 5.41) is 0. The van der Waals surface area contributed by atoms with E-state index in [4.69, 9.17) is 0 Å². The van der Waals surface area contributed by atoms with Crippen molar-refractivity contribution in [1.29, 1.82) is 0 Å². The zero-order valence-corrected chi connectivity index (χ0v) is 13.8. The molecule has 1 aromatic heterocycles. The molecule has 1 saturated heterocycles. The van der Waals surface area contributed by atoms with Crippen LogP contribution in [-0.2, 0) is 6.42 Å². The Kier molecular flexibility index (Phi) is 5.63. The van der Waals surface area contributed by atoms with E-state index < -0.39 is 0 Å². The Balaban J connectivity index is 1.42. The maximum atomic E-state index is 4.42. The van der Waals surface area contributed by atoms with Gasteiger partial charge in [-0.25, -0.2) is 0 Å². The van der Waals surface area contributed by atoms with E-state index in [0.29, 0.717) is 6.04 Å². The molecule has 0 bridgehead atoms. The number of likely N-dealkylation sites (tertiary alicyclic amines) is 1. The summed E-state index contributed by atoms with van der Waals surface area (Å²) in [6.45, 7) is 3.62. The zero-order chi connectivity index (χ0) is 15.2. The Hall–Kier alpha value is -1.19. The van der Waals surface area contributed by atoms with E-state index in [1.165, 1.54) is 50.9 Å². The number of hydrogen-bond donors (Lipinski definition) is 0. The summed E-state index contributed by atoms with van der Waals surface area (Å²) in [6, 6.07) is 7.65. The molecule has 0 spiro atoms. The maximum Gasteiger partial charge on any atom is 0.0416 e. The van der Waals surface area contributed by atoms with Gasteiger partial charge in [0.25, 0.3) is 0 Å². The van der Waals surface area contributed by atoms with Crippen molar-refractivity contribution in [3.63, 3.8) is 0 Å². The van der Waals surface area contributed by atoms with Gasteiger partial charge in [0.2, 0.25) is 0 Å². The summed E-state index contributed by atoms with van der Waals surface area (Å²) in [4.78, 5) is 9.66. The largest absolute Gasteiger partial charge is 0.303 e. The van der Waals surface area contributed by atoms with Crippen LogP contribution in [0.3, 0.4) is 0 Å². The fourth-order valence-corrected chi connectivity index (χ4v) is 3.77. The molecule has 22 heavy (non-hydrogen) atoms. The van der Waals surface area contributed by atoms with E-state index in [2.05, 4.69) is 46.1 Å². The van der Waals surface area contributed by atoms with E-state index in [-0.39, 0.29) is 0 Å². The van der Waals surface area contributed by atoms with Crippen molar-refractivity contribution in [2.45, 2.75) is 50.6 Å². The van der Waals surface area contributed by atoms with Gasteiger partial charge in [0.1, 0.15) is 0 Å². The van der Waals surface area contributed by atoms with Crippen molar-refractivity contribution in [3.05, 3.63) is 42.2 Å². The monoisotopic (exact) mass is 299 g/mol. The highest BCUT2D eigenvalue weighted by Crippen LogP contribution is 2.22. The molecule has 3 nitrogen and oxygen atoms in total. The van der Waals surface area contributed by atoms with Crippen LogP contribution < -0.4 is 0 Å². The lowest BCUT2D eigenvalue weighted by molar-refractivity contribution is 0.106. The van der Waals surface area contributed by atoms with Gasteiger partial charge in [-0.1, -0.05) is 18.2 Å². The molecule has 3 heteroatoms. The molecule has 1 aliphatic carbocycles. The number of likely N-dealkylation sites (N-methyl/N-ethyl adjacent to an activating group) is 1. The van der Waals surface area contributed by atoms with E-state index in [0.717, 1.165) is 19.0 Å². The molecule has 120 valence electrons. The zero-order valence-electron chi connectivity index (χ0n) is 13.8. The van der Waals surface area contributed by atoms with Gasteiger partial charge in [0.15, 0.2) is 0 Å². The van der Waals surface area contributed by atoms with Crippen molar-refractivity contribution >= 4 is 0 Å². The van der Waals surface area contributed by atoms with Crippen LogP contribution in [0.25, 0.3) is 0 Å². The molecular weight excluding hydrogens is 270 g/mol. The number of piperidine rings is 1. The van der Waals surface area contributed by atoms with Crippen molar-refractivity contribution in [1.82, 2.24) is 14.8 Å². The van der Waals surface area contributed by atoms with E-state index in [9.17, 15) is 0 Å². The van der Waals surface area contributed by atoms with E-state index >= 15 is 0 Å². The first kappa shape index (κ1) is 15.7. The fourth-order valence-electron chi connectivity index (χ4n) is 3.77. The van der Waals surface area contributed by atoms with Crippen LogP contribution in [0.2, 0.25) is 0 Å². The molecule has 1 fully saturated rings. The molecule has 2 heterocycles. The molecule has 0 unspecified atom stereocenters. The number of hydrogen-bond acceptors (Lipinski definition) is 3. The van der Waals surface area contributed by atoms with Crippen LogP contribution >= 0.6 is 0 Å². The van der Waals surface area contributed by atoms with Crippen LogP contribution in [0.4, 0.5) is 0 Å². The quantitative estimate of drug-likeness (QED) is 0.779. The summed E-state index contributed by atoms with van der Waals surface area (Å²) >= 11 is 0. The SMILES string of the molecule is CN(C1CCN(CCc2ccccn2)CC1)[C@H]1C=CCCC1. The van der Waals surface area contributed by atoms with Gasteiger partial charge in [-0.05, 0) is 64.4 Å². The predicted molar refractivity (Wildman–Crippen MR) is 91.9 cm³/mol. The van der Waals surface area contributed by atoms with Crippen LogP contribution in [0.5, 0.6) is 0 Å². The fraction of sp³-hybridized carbons (Fsp3) is 0.632. The lowest BCUT2D eigenvalue weighted by Crippen LogP contribution is -2.47. The van der Waals surface area contributed by atoms with Crippen LogP contribution in [0.15, 0.2) is 36.5 Å². The Bertz CT molecular complexity index is 463. The van der Waals surface area contributed by atoms with Gasteiger partial charge in [-0.2, -0.15) is 0 Å². The Labute approximate surface area is 135 Å². The standard InChI is InChI=1S/C19H29N3/c1-21(18-8-3-2-4-9-18)19-11-15-22(16-12-19)14-10-17-7-5-6-13-20-17/h3,5-8,13,18-19H,2,4,9-12,14-16H2,1H3/t18-/m0/s1. The predicted octanol–water partition coefficient (Wildman–Crippen LogP) is 3.13. The summed E-state index contributed by atoms with van der Waals surface area (Å²) in [5.74, 6) is 0. The first-order valence-electron chi connectivity index (χ1n) is 8.84. The van der Waals surface area contributed by atoms with E-state index in [1.54, 1.807) is 0 Å². The minimum absolute atomic E-state index is 0.679. The summed E-state index contributed by atoms with van der Waals surface area (Å²) in [7, 11) is 2.33. The smallest absolute Gasteiger partial charge is 0.0416 e. The normalized spacial score (nSPS) is 24.0. The highest BCUT2D eigenvalue weighted by molar-refractivity contribution is 5.04. The highest BCUT2D eigenvalue weighted by Gasteiger charge is 2.26. The number of nitrogens with zero attached hydrogens (tertiary/aromatic N) is 3. The minimum Gasteiger partial charge on any atom is -0.303 e. The molecule has 0 aromatic carbocycles. The molecule has 0 N–H and O–H groups in total. The molecule has 0 radical (unpaired) electrons. The van der Waals surface area contributed by atoms with Gasteiger partial charge in [-0.15, -0.1) is 0 Å². The van der Waals surface area contributed by atoms with Crippen molar-refractivity contribution in [2.75, 3.05) is 26.7 Å². The van der Waals surface area contributed by atoms with E-state index in [1.807, 2.05) is 12.3 Å². The van der Waals surface area contributed by atoms with Gasteiger partial charge < -0.3 is 4.90 Å². The third kappa shape index (κ3) is 4.17. The first-order chi connectivity index (χ1) is 10.8. The molecule has 3 rings (SSSR count). The van der Waals surface area contributed by atoms with Crippen LogP contribution in [-0.4, -0.2) is 53.5 Å². The van der Waals surface area contributed by atoms with Gasteiger partial charge in [-0.3, -0.25) is 9.88 Å². The third-order valence-corrected chi connectivity index (χ3v) is 5.30. The Morgan fingerprint density at radius 1 is 1.23 bits per heavy atom. The maximum absolute atomic E-state index is 4.42. The van der Waals surface area contributed by atoms with Crippen LogP contribution in [0, 0.1) is 0 Å². The molecule has 0 saturated carbocycles. The second kappa shape index (κ2) is 7.89. The molecular formula is C19H29N3. The average Bonchev–Trinajstić information content (AvgIpc) is 2.61. The van der Waals surface area contributed by atoms with Gasteiger partial charge in [0, 0.05) is 36.9 Å². The molecule has 1 atom stereocenters. The van der Waals surface area contributed by atoms with Crippen molar-refractivity contribution in [2.24, 2.45) is 0 Å². The molecule has 0 amide bonds. The second-order valence-electron chi connectivity index (χ2n) is 6.74. The highest BCUT2D eigenvalue weighted by atomic mass is 15.2. The summed E-state index contributed by atoms with van der Waals surface area (Å²) in [5.41, 5.74) is 1.22. The van der Waals surface area contributed by atoms with Crippen molar-refractivity contribution in [3.8, 4) is 0 Å². The average molecular weight is 299 g/mol. The lowest BCUT2D eigenvalue weighted by Gasteiger charge is -2.40. The number of rotatable bonds is 5. The lowest BCUT2D eigenvalue weighted by atomic mass is 9.96. The third-order valence-electron chi connectivity index (χ3n) is 5.30. The second-order valence-corrected chi connectivity index (χ2v) is 6.74. The van der Waals surface area contributed by atoms with Crippen molar-refractivity contribution < 1.29 is 0 Å². The summed E-state index contributed by atoms with van der Waals surface area (Å²) in [6.07, 6.45) is 14.4. The Morgan fingerprint density at radius 3 is 2.77 bits per heavy atom. The van der Waals surface area contributed by atoms with Gasteiger partial charge in [0.05, 0.1) is 0 Å². The van der Waals surface area contributed by atoms with Gasteiger partial charge >= 0.3 is 0 Å². The number of aromatic nitrogens is 1.